The number of benzene rings is 1. The number of urea groups is 1. The minimum Gasteiger partial charge on any atom is -0.481 e. The Morgan fingerprint density at radius 2 is 1.90 bits per heavy atom. The zero-order valence-corrected chi connectivity index (χ0v) is 12.5. The highest BCUT2D eigenvalue weighted by Crippen LogP contribution is 2.20. The van der Waals surface area contributed by atoms with Crippen molar-refractivity contribution in [3.05, 3.63) is 35.6 Å². The standard InChI is InChI=1S/C15H21FN2O3/c1-4-15(2,13(19)20)10-17-14(21)18(3)9-11-5-7-12(16)8-6-11/h5-8H,4,9-10H2,1-3H3,(H,17,21)(H,19,20). The first-order valence-corrected chi connectivity index (χ1v) is 6.75. The fourth-order valence-corrected chi connectivity index (χ4v) is 1.69. The molecule has 2 N–H and O–H groups in total. The van der Waals surface area contributed by atoms with Crippen LogP contribution in [0.2, 0.25) is 0 Å². The van der Waals surface area contributed by atoms with Crippen molar-refractivity contribution < 1.29 is 19.1 Å². The molecule has 1 atom stereocenters. The maximum atomic E-state index is 12.8. The summed E-state index contributed by atoms with van der Waals surface area (Å²) in [5.41, 5.74) is -0.183. The molecular formula is C15H21FN2O3. The van der Waals surface area contributed by atoms with Gasteiger partial charge in [0.15, 0.2) is 0 Å². The van der Waals surface area contributed by atoms with Crippen molar-refractivity contribution in [1.82, 2.24) is 10.2 Å². The van der Waals surface area contributed by atoms with Crippen molar-refractivity contribution in [3.63, 3.8) is 0 Å². The minimum atomic E-state index is -0.980. The molecule has 0 heterocycles. The first kappa shape index (κ1) is 16.9. The number of rotatable bonds is 6. The van der Waals surface area contributed by atoms with Gasteiger partial charge in [0, 0.05) is 20.1 Å². The number of carbonyl (C=O) groups is 2. The van der Waals surface area contributed by atoms with Crippen LogP contribution in [-0.4, -0.2) is 35.6 Å². The van der Waals surface area contributed by atoms with Gasteiger partial charge in [-0.2, -0.15) is 0 Å². The number of carboxylic acid groups (broad SMARTS) is 1. The number of carbonyl (C=O) groups excluding carboxylic acids is 1. The average Bonchev–Trinajstić information content (AvgIpc) is 2.46. The average molecular weight is 296 g/mol. The van der Waals surface area contributed by atoms with Crippen molar-refractivity contribution in [2.24, 2.45) is 5.41 Å². The van der Waals surface area contributed by atoms with Gasteiger partial charge in [0.1, 0.15) is 5.82 Å². The second kappa shape index (κ2) is 7.06. The number of carboxylic acids is 1. The van der Waals surface area contributed by atoms with Gasteiger partial charge in [0.05, 0.1) is 5.41 Å². The Balaban J connectivity index is 2.55. The van der Waals surface area contributed by atoms with Crippen LogP contribution in [0.4, 0.5) is 9.18 Å². The lowest BCUT2D eigenvalue weighted by Gasteiger charge is -2.25. The molecule has 2 amide bonds. The molecule has 1 aromatic carbocycles. The minimum absolute atomic E-state index is 0.0609. The van der Waals surface area contributed by atoms with Gasteiger partial charge in [0.25, 0.3) is 0 Å². The Kier molecular flexibility index (Phi) is 5.69. The maximum absolute atomic E-state index is 12.8. The summed E-state index contributed by atoms with van der Waals surface area (Å²) >= 11 is 0. The molecule has 0 saturated carbocycles. The van der Waals surface area contributed by atoms with Crippen molar-refractivity contribution in [3.8, 4) is 0 Å². The number of nitrogens with one attached hydrogen (secondary N) is 1. The molecule has 0 aliphatic carbocycles. The summed E-state index contributed by atoms with van der Waals surface area (Å²) in [4.78, 5) is 24.5. The highest BCUT2D eigenvalue weighted by atomic mass is 19.1. The van der Waals surface area contributed by atoms with Crippen LogP contribution in [0.5, 0.6) is 0 Å². The second-order valence-corrected chi connectivity index (χ2v) is 5.36. The largest absolute Gasteiger partial charge is 0.481 e. The lowest BCUT2D eigenvalue weighted by molar-refractivity contribution is -0.147. The van der Waals surface area contributed by atoms with E-state index < -0.39 is 11.4 Å². The predicted molar refractivity (Wildman–Crippen MR) is 77.3 cm³/mol. The number of aliphatic carboxylic acids is 1. The number of hydrogen-bond acceptors (Lipinski definition) is 2. The van der Waals surface area contributed by atoms with E-state index in [0.717, 1.165) is 5.56 Å². The second-order valence-electron chi connectivity index (χ2n) is 5.36. The van der Waals surface area contributed by atoms with Crippen LogP contribution in [0.3, 0.4) is 0 Å². The highest BCUT2D eigenvalue weighted by Gasteiger charge is 2.31. The van der Waals surface area contributed by atoms with Gasteiger partial charge >= 0.3 is 12.0 Å². The lowest BCUT2D eigenvalue weighted by atomic mass is 9.88. The summed E-state index contributed by atoms with van der Waals surface area (Å²) in [5, 5.41) is 11.8. The molecule has 21 heavy (non-hydrogen) atoms. The summed E-state index contributed by atoms with van der Waals surface area (Å²) in [6.07, 6.45) is 0.421. The van der Waals surface area contributed by atoms with Crippen LogP contribution < -0.4 is 5.32 Å². The summed E-state index contributed by atoms with van der Waals surface area (Å²) < 4.78 is 12.8. The van der Waals surface area contributed by atoms with Crippen molar-refractivity contribution in [2.45, 2.75) is 26.8 Å². The van der Waals surface area contributed by atoms with Crippen LogP contribution in [0.15, 0.2) is 24.3 Å². The molecule has 0 fully saturated rings. The molecule has 0 aliphatic rings. The Hall–Kier alpha value is -2.11. The third-order valence-electron chi connectivity index (χ3n) is 3.61. The monoisotopic (exact) mass is 296 g/mol. The summed E-state index contributed by atoms with van der Waals surface area (Å²) in [7, 11) is 1.60. The van der Waals surface area contributed by atoms with Gasteiger partial charge < -0.3 is 15.3 Å². The molecule has 0 aliphatic heterocycles. The van der Waals surface area contributed by atoms with Crippen LogP contribution >= 0.6 is 0 Å². The molecule has 116 valence electrons. The molecule has 0 bridgehead atoms. The number of nitrogens with zero attached hydrogens (tertiary/aromatic N) is 1. The summed E-state index contributed by atoms with van der Waals surface area (Å²) in [5.74, 6) is -1.27. The van der Waals surface area contributed by atoms with Gasteiger partial charge in [-0.1, -0.05) is 19.1 Å². The van der Waals surface area contributed by atoms with Crippen LogP contribution in [0.1, 0.15) is 25.8 Å². The quantitative estimate of drug-likeness (QED) is 0.847. The molecule has 0 radical (unpaired) electrons. The van der Waals surface area contributed by atoms with Crippen molar-refractivity contribution in [2.75, 3.05) is 13.6 Å². The molecule has 1 aromatic rings. The van der Waals surface area contributed by atoms with E-state index in [9.17, 15) is 14.0 Å². The van der Waals surface area contributed by atoms with E-state index in [1.807, 2.05) is 0 Å². The van der Waals surface area contributed by atoms with E-state index in [0.29, 0.717) is 13.0 Å². The fourth-order valence-electron chi connectivity index (χ4n) is 1.69. The van der Waals surface area contributed by atoms with E-state index in [1.54, 1.807) is 33.0 Å². The van der Waals surface area contributed by atoms with E-state index in [1.165, 1.54) is 17.0 Å². The SMILES string of the molecule is CCC(C)(CNC(=O)N(C)Cc1ccc(F)cc1)C(=O)O. The molecule has 0 saturated heterocycles. The summed E-state index contributed by atoms with van der Waals surface area (Å²) in [6, 6.07) is 5.51. The Bertz CT molecular complexity index is 504. The number of amides is 2. The lowest BCUT2D eigenvalue weighted by Crippen LogP contribution is -2.45. The van der Waals surface area contributed by atoms with Gasteiger partial charge in [-0.05, 0) is 31.0 Å². The van der Waals surface area contributed by atoms with Crippen molar-refractivity contribution in [1.29, 1.82) is 0 Å². The van der Waals surface area contributed by atoms with Gasteiger partial charge in [0.2, 0.25) is 0 Å². The molecule has 5 nitrogen and oxygen atoms in total. The van der Waals surface area contributed by atoms with Crippen molar-refractivity contribution >= 4 is 12.0 Å². The van der Waals surface area contributed by atoms with E-state index in [-0.39, 0.29) is 18.4 Å². The highest BCUT2D eigenvalue weighted by molar-refractivity contribution is 5.77. The molecule has 1 unspecified atom stereocenters. The molecular weight excluding hydrogens is 275 g/mol. The third-order valence-corrected chi connectivity index (χ3v) is 3.61. The van der Waals surface area contributed by atoms with Gasteiger partial charge in [-0.25, -0.2) is 9.18 Å². The zero-order chi connectivity index (χ0) is 16.0. The maximum Gasteiger partial charge on any atom is 0.317 e. The van der Waals surface area contributed by atoms with Gasteiger partial charge in [-0.15, -0.1) is 0 Å². The van der Waals surface area contributed by atoms with E-state index in [2.05, 4.69) is 5.32 Å². The summed E-state index contributed by atoms with van der Waals surface area (Å²) in [6.45, 7) is 3.74. The first-order valence-electron chi connectivity index (χ1n) is 6.75. The smallest absolute Gasteiger partial charge is 0.317 e. The molecule has 1 rings (SSSR count). The van der Waals surface area contributed by atoms with Crippen LogP contribution in [0, 0.1) is 11.2 Å². The zero-order valence-electron chi connectivity index (χ0n) is 12.5. The fraction of sp³-hybridized carbons (Fsp3) is 0.467. The first-order chi connectivity index (χ1) is 9.78. The number of hydrogen-bond donors (Lipinski definition) is 2. The Labute approximate surface area is 123 Å². The van der Waals surface area contributed by atoms with E-state index in [4.69, 9.17) is 5.11 Å². The molecule has 0 aromatic heterocycles. The van der Waals surface area contributed by atoms with Gasteiger partial charge in [-0.3, -0.25) is 4.79 Å². The van der Waals surface area contributed by atoms with Crippen LogP contribution in [-0.2, 0) is 11.3 Å². The van der Waals surface area contributed by atoms with Crippen LogP contribution in [0.25, 0.3) is 0 Å². The number of halogens is 1. The molecule has 6 heteroatoms. The molecule has 0 spiro atoms. The predicted octanol–water partition coefficient (Wildman–Crippen LogP) is 2.47. The normalized spacial score (nSPS) is 13.3. The Morgan fingerprint density at radius 3 is 2.38 bits per heavy atom. The van der Waals surface area contributed by atoms with E-state index >= 15 is 0 Å². The Morgan fingerprint density at radius 1 is 1.33 bits per heavy atom. The topological polar surface area (TPSA) is 69.6 Å². The third kappa shape index (κ3) is 4.73.